The summed E-state index contributed by atoms with van der Waals surface area (Å²) in [6.07, 6.45) is 0. The molecule has 4 rings (SSSR count). The number of para-hydroxylation sites is 2. The van der Waals surface area contributed by atoms with Gasteiger partial charge in [-0.15, -0.1) is 0 Å². The summed E-state index contributed by atoms with van der Waals surface area (Å²) in [6.45, 7) is 0.801. The van der Waals surface area contributed by atoms with Crippen molar-refractivity contribution < 1.29 is 4.79 Å². The van der Waals surface area contributed by atoms with Crippen molar-refractivity contribution >= 4 is 28.7 Å². The zero-order valence-electron chi connectivity index (χ0n) is 11.1. The van der Waals surface area contributed by atoms with Gasteiger partial charge in [0.2, 0.25) is 0 Å². The number of nitrogens with two attached hydrogens (primary N) is 1. The number of carbonyl (C=O) groups is 1. The zero-order chi connectivity index (χ0) is 14.4. The highest BCUT2D eigenvalue weighted by molar-refractivity contribution is 7.99. The van der Waals surface area contributed by atoms with E-state index in [1.807, 2.05) is 30.3 Å². The van der Waals surface area contributed by atoms with Gasteiger partial charge >= 0.3 is 0 Å². The van der Waals surface area contributed by atoms with Crippen LogP contribution in [0.5, 0.6) is 0 Å². The quantitative estimate of drug-likeness (QED) is 0.788. The average molecular weight is 296 g/mol. The van der Waals surface area contributed by atoms with Crippen LogP contribution in [-0.4, -0.2) is 20.4 Å². The summed E-state index contributed by atoms with van der Waals surface area (Å²) < 4.78 is 2.20. The summed E-state index contributed by atoms with van der Waals surface area (Å²) in [5, 5.41) is 1.16. The highest BCUT2D eigenvalue weighted by Gasteiger charge is 2.28. The lowest BCUT2D eigenvalue weighted by Crippen LogP contribution is -2.14. The van der Waals surface area contributed by atoms with Crippen LogP contribution in [0.1, 0.15) is 21.4 Å². The molecule has 21 heavy (non-hydrogen) atoms. The molecule has 0 saturated heterocycles. The van der Waals surface area contributed by atoms with Crippen molar-refractivity contribution in [2.24, 2.45) is 5.73 Å². The molecule has 5 nitrogen and oxygen atoms in total. The number of rotatable bonds is 2. The number of hydrogen-bond donors (Lipinski definition) is 1. The number of thioether (sulfide) groups is 1. The van der Waals surface area contributed by atoms with Gasteiger partial charge in [-0.05, 0) is 24.3 Å². The number of hydrogen-bond acceptors (Lipinski definition) is 4. The first-order valence-electron chi connectivity index (χ1n) is 6.61. The second kappa shape index (κ2) is 4.60. The van der Waals surface area contributed by atoms with Gasteiger partial charge in [0.15, 0.2) is 5.16 Å². The molecule has 0 aliphatic carbocycles. The molecule has 2 aromatic heterocycles. The molecule has 0 spiro atoms. The highest BCUT2D eigenvalue weighted by Crippen LogP contribution is 2.43. The molecule has 1 unspecified atom stereocenters. The Labute approximate surface area is 125 Å². The van der Waals surface area contributed by atoms with E-state index in [-0.39, 0.29) is 5.25 Å². The molecule has 0 radical (unpaired) electrons. The summed E-state index contributed by atoms with van der Waals surface area (Å²) >= 11 is 1.67. The molecule has 3 aromatic rings. The van der Waals surface area contributed by atoms with E-state index in [4.69, 9.17) is 5.73 Å². The lowest BCUT2D eigenvalue weighted by atomic mass is 10.2. The fourth-order valence-electron chi connectivity index (χ4n) is 2.57. The number of pyridine rings is 1. The van der Waals surface area contributed by atoms with E-state index in [0.29, 0.717) is 5.69 Å². The van der Waals surface area contributed by atoms with Gasteiger partial charge in [-0.3, -0.25) is 4.79 Å². The third-order valence-electron chi connectivity index (χ3n) is 3.57. The van der Waals surface area contributed by atoms with Crippen LogP contribution < -0.4 is 5.73 Å². The molecule has 0 fully saturated rings. The van der Waals surface area contributed by atoms with Gasteiger partial charge in [0.05, 0.1) is 22.0 Å². The number of nitrogens with zero attached hydrogens (tertiary/aromatic N) is 3. The Bertz CT molecular complexity index is 858. The number of primary amides is 1. The standard InChI is InChI=1S/C15H12N4OS/c16-14(20)11-6-3-5-10(17-11)13-8-19-12-7-2-1-4-9(12)18-15(19)21-13/h1-7,13H,8H2,(H2,16,20). The van der Waals surface area contributed by atoms with E-state index < -0.39 is 5.91 Å². The van der Waals surface area contributed by atoms with Crippen LogP contribution in [-0.2, 0) is 6.54 Å². The molecular weight excluding hydrogens is 284 g/mol. The first kappa shape index (κ1) is 12.4. The number of aromatic nitrogens is 3. The molecule has 0 saturated carbocycles. The second-order valence-corrected chi connectivity index (χ2v) is 6.08. The first-order valence-corrected chi connectivity index (χ1v) is 7.49. The van der Waals surface area contributed by atoms with E-state index in [1.54, 1.807) is 17.8 Å². The molecule has 1 aliphatic rings. The van der Waals surface area contributed by atoms with Crippen LogP contribution in [0.15, 0.2) is 47.6 Å². The largest absolute Gasteiger partial charge is 0.364 e. The minimum Gasteiger partial charge on any atom is -0.364 e. The number of carbonyl (C=O) groups excluding carboxylic acids is 1. The van der Waals surface area contributed by atoms with E-state index in [0.717, 1.165) is 28.4 Å². The van der Waals surface area contributed by atoms with Gasteiger partial charge in [-0.2, -0.15) is 0 Å². The summed E-state index contributed by atoms with van der Waals surface area (Å²) in [5.74, 6) is -0.497. The van der Waals surface area contributed by atoms with Gasteiger partial charge in [0.1, 0.15) is 5.69 Å². The Morgan fingerprint density at radius 2 is 2.05 bits per heavy atom. The SMILES string of the molecule is NC(=O)c1cccc(C2Cn3c(nc4ccccc43)S2)n1. The fraction of sp³-hybridized carbons (Fsp3) is 0.133. The molecule has 1 aromatic carbocycles. The lowest BCUT2D eigenvalue weighted by molar-refractivity contribution is 0.0995. The van der Waals surface area contributed by atoms with Gasteiger partial charge in [0.25, 0.3) is 5.91 Å². The molecule has 104 valence electrons. The van der Waals surface area contributed by atoms with Gasteiger partial charge in [0, 0.05) is 6.54 Å². The molecule has 1 amide bonds. The van der Waals surface area contributed by atoms with Gasteiger partial charge < -0.3 is 10.3 Å². The maximum absolute atomic E-state index is 11.2. The number of imidazole rings is 1. The fourth-order valence-corrected chi connectivity index (χ4v) is 3.75. The van der Waals surface area contributed by atoms with Crippen LogP contribution in [0.3, 0.4) is 0 Å². The number of fused-ring (bicyclic) bond motifs is 3. The highest BCUT2D eigenvalue weighted by atomic mass is 32.2. The maximum atomic E-state index is 11.2. The Morgan fingerprint density at radius 3 is 2.90 bits per heavy atom. The smallest absolute Gasteiger partial charge is 0.267 e. The van der Waals surface area contributed by atoms with Crippen molar-refractivity contribution in [3.05, 3.63) is 53.9 Å². The van der Waals surface area contributed by atoms with E-state index >= 15 is 0 Å². The Balaban J connectivity index is 1.70. The number of amides is 1. The molecule has 6 heteroatoms. The maximum Gasteiger partial charge on any atom is 0.267 e. The van der Waals surface area contributed by atoms with Gasteiger partial charge in [-0.25, -0.2) is 9.97 Å². The average Bonchev–Trinajstić information content (AvgIpc) is 3.05. The zero-order valence-corrected chi connectivity index (χ0v) is 11.9. The molecule has 3 heterocycles. The molecular formula is C15H12N4OS. The lowest BCUT2D eigenvalue weighted by Gasteiger charge is -2.08. The first-order chi connectivity index (χ1) is 10.2. The van der Waals surface area contributed by atoms with Crippen molar-refractivity contribution in [3.63, 3.8) is 0 Å². The third kappa shape index (κ3) is 1.99. The summed E-state index contributed by atoms with van der Waals surface area (Å²) in [6, 6.07) is 13.5. The Kier molecular flexibility index (Phi) is 2.71. The topological polar surface area (TPSA) is 73.8 Å². The van der Waals surface area contributed by atoms with Crippen LogP contribution in [0.2, 0.25) is 0 Å². The van der Waals surface area contributed by atoms with Crippen molar-refractivity contribution in [2.45, 2.75) is 17.0 Å². The minimum absolute atomic E-state index is 0.163. The third-order valence-corrected chi connectivity index (χ3v) is 4.77. The normalized spacial score (nSPS) is 17.0. The van der Waals surface area contributed by atoms with Crippen molar-refractivity contribution in [3.8, 4) is 0 Å². The molecule has 1 aliphatic heterocycles. The Morgan fingerprint density at radius 1 is 1.19 bits per heavy atom. The summed E-state index contributed by atoms with van der Waals surface area (Å²) in [4.78, 5) is 20.2. The van der Waals surface area contributed by atoms with Crippen LogP contribution in [0.4, 0.5) is 0 Å². The molecule has 1 atom stereocenters. The summed E-state index contributed by atoms with van der Waals surface area (Å²) in [7, 11) is 0. The van der Waals surface area contributed by atoms with E-state index in [1.165, 1.54) is 0 Å². The minimum atomic E-state index is -0.497. The van der Waals surface area contributed by atoms with Crippen molar-refractivity contribution in [2.75, 3.05) is 0 Å². The molecule has 0 bridgehead atoms. The van der Waals surface area contributed by atoms with Crippen LogP contribution in [0, 0.1) is 0 Å². The van der Waals surface area contributed by atoms with E-state index in [9.17, 15) is 4.79 Å². The van der Waals surface area contributed by atoms with Crippen molar-refractivity contribution in [1.29, 1.82) is 0 Å². The summed E-state index contributed by atoms with van der Waals surface area (Å²) in [5.41, 5.74) is 8.61. The van der Waals surface area contributed by atoms with Crippen molar-refractivity contribution in [1.82, 2.24) is 14.5 Å². The van der Waals surface area contributed by atoms with Gasteiger partial charge in [-0.1, -0.05) is 30.0 Å². The van der Waals surface area contributed by atoms with Crippen LogP contribution >= 0.6 is 11.8 Å². The Hall–Kier alpha value is -2.34. The monoisotopic (exact) mass is 296 g/mol. The van der Waals surface area contributed by atoms with E-state index in [2.05, 4.69) is 20.6 Å². The van der Waals surface area contributed by atoms with Crippen LogP contribution in [0.25, 0.3) is 11.0 Å². The predicted molar refractivity (Wildman–Crippen MR) is 81.1 cm³/mol. The predicted octanol–water partition coefficient (Wildman–Crippen LogP) is 2.38. The molecule has 2 N–H and O–H groups in total. The second-order valence-electron chi connectivity index (χ2n) is 4.91. The number of benzene rings is 1.